The standard InChI is InChI=1S/C33H52N6O6/c1-8-16-34-29(43)26(41)22(19-21-14-15-21)35-28(42)23-12-11-18-39(23)30(44)27(33(5,6)7)37-31(45)36-24(32(2,3)4)20-38-17-10-9-13-25(38)40/h8,11-12,21-24,27H,1,9-10,13-20H2,2-7H3,(H,34,43)(H,35,42)(H2,36,37,45)/t22?,23-,24+,27+/m0/s1. The van der Waals surface area contributed by atoms with E-state index in [1.165, 1.54) is 11.0 Å². The lowest BCUT2D eigenvalue weighted by Crippen LogP contribution is -2.62. The molecule has 0 aromatic rings. The topological polar surface area (TPSA) is 157 Å². The van der Waals surface area contributed by atoms with Gasteiger partial charge in [-0.25, -0.2) is 4.79 Å². The molecule has 6 amide bonds. The molecule has 4 N–H and O–H groups in total. The van der Waals surface area contributed by atoms with Crippen LogP contribution in [0.25, 0.3) is 0 Å². The van der Waals surface area contributed by atoms with Crippen molar-refractivity contribution in [3.8, 4) is 0 Å². The highest BCUT2D eigenvalue weighted by Gasteiger charge is 2.42. The summed E-state index contributed by atoms with van der Waals surface area (Å²) in [4.78, 5) is 81.8. The molecule has 45 heavy (non-hydrogen) atoms. The Hall–Kier alpha value is -3.70. The third-order valence-corrected chi connectivity index (χ3v) is 8.60. The van der Waals surface area contributed by atoms with Crippen molar-refractivity contribution < 1.29 is 28.8 Å². The third-order valence-electron chi connectivity index (χ3n) is 8.60. The number of piperidine rings is 1. The molecule has 0 bridgehead atoms. The molecular formula is C33H52N6O6. The van der Waals surface area contributed by atoms with E-state index in [4.69, 9.17) is 0 Å². The Bertz CT molecular complexity index is 1180. The van der Waals surface area contributed by atoms with Gasteiger partial charge in [0.05, 0.1) is 12.1 Å². The number of nitrogens with zero attached hydrogens (tertiary/aromatic N) is 2. The number of ketones is 1. The van der Waals surface area contributed by atoms with Gasteiger partial charge >= 0.3 is 6.03 Å². The fraction of sp³-hybridized carbons (Fsp3) is 0.697. The van der Waals surface area contributed by atoms with Crippen LogP contribution in [0, 0.1) is 16.7 Å². The van der Waals surface area contributed by atoms with E-state index in [1.54, 1.807) is 17.1 Å². The Balaban J connectivity index is 1.71. The van der Waals surface area contributed by atoms with E-state index in [1.807, 2.05) is 41.5 Å². The summed E-state index contributed by atoms with van der Waals surface area (Å²) in [5.74, 6) is -2.22. The van der Waals surface area contributed by atoms with Crippen LogP contribution < -0.4 is 21.3 Å². The summed E-state index contributed by atoms with van der Waals surface area (Å²) in [6.45, 7) is 16.3. The number of rotatable bonds is 13. The van der Waals surface area contributed by atoms with E-state index < -0.39 is 53.1 Å². The lowest BCUT2D eigenvalue weighted by atomic mass is 9.85. The van der Waals surface area contributed by atoms with E-state index in [9.17, 15) is 28.8 Å². The summed E-state index contributed by atoms with van der Waals surface area (Å²) < 4.78 is 0. The van der Waals surface area contributed by atoms with E-state index in [2.05, 4.69) is 27.8 Å². The van der Waals surface area contributed by atoms with E-state index in [0.29, 0.717) is 25.9 Å². The average molecular weight is 629 g/mol. The van der Waals surface area contributed by atoms with Gasteiger partial charge in [-0.2, -0.15) is 0 Å². The second-order valence-electron chi connectivity index (χ2n) is 14.6. The first-order valence-corrected chi connectivity index (χ1v) is 16.1. The molecule has 1 aliphatic carbocycles. The Morgan fingerprint density at radius 2 is 1.69 bits per heavy atom. The first kappa shape index (κ1) is 35.8. The third kappa shape index (κ3) is 10.2. The van der Waals surface area contributed by atoms with Gasteiger partial charge < -0.3 is 31.1 Å². The number of hydrogen-bond donors (Lipinski definition) is 4. The molecule has 2 aliphatic heterocycles. The summed E-state index contributed by atoms with van der Waals surface area (Å²) in [6, 6.07) is -3.92. The van der Waals surface area contributed by atoms with Gasteiger partial charge in [0.2, 0.25) is 23.5 Å². The van der Waals surface area contributed by atoms with Crippen LogP contribution in [-0.2, 0) is 24.0 Å². The van der Waals surface area contributed by atoms with Crippen LogP contribution in [0.15, 0.2) is 24.8 Å². The predicted molar refractivity (Wildman–Crippen MR) is 171 cm³/mol. The Labute approximate surface area is 267 Å². The monoisotopic (exact) mass is 628 g/mol. The van der Waals surface area contributed by atoms with Crippen molar-refractivity contribution in [1.29, 1.82) is 0 Å². The van der Waals surface area contributed by atoms with Gasteiger partial charge in [0.1, 0.15) is 12.1 Å². The highest BCUT2D eigenvalue weighted by atomic mass is 16.2. The van der Waals surface area contributed by atoms with E-state index in [0.717, 1.165) is 25.7 Å². The minimum Gasteiger partial charge on any atom is -0.346 e. The fourth-order valence-electron chi connectivity index (χ4n) is 5.52. The summed E-state index contributed by atoms with van der Waals surface area (Å²) in [6.07, 6.45) is 9.24. The molecule has 250 valence electrons. The van der Waals surface area contributed by atoms with Gasteiger partial charge in [0.15, 0.2) is 0 Å². The lowest BCUT2D eigenvalue weighted by molar-refractivity contribution is -0.143. The number of hydrogen-bond acceptors (Lipinski definition) is 6. The molecule has 0 aromatic carbocycles. The van der Waals surface area contributed by atoms with E-state index in [-0.39, 0.29) is 36.4 Å². The Kier molecular flexibility index (Phi) is 12.0. The summed E-state index contributed by atoms with van der Waals surface area (Å²) in [5.41, 5.74) is -1.08. The number of likely N-dealkylation sites (tertiary alicyclic amines) is 1. The van der Waals surface area contributed by atoms with Gasteiger partial charge in [-0.3, -0.25) is 24.0 Å². The highest BCUT2D eigenvalue weighted by Crippen LogP contribution is 2.34. The minimum atomic E-state index is -1.01. The molecule has 0 radical (unpaired) electrons. The van der Waals surface area contributed by atoms with Crippen molar-refractivity contribution >= 4 is 35.4 Å². The minimum absolute atomic E-state index is 0.0739. The number of amides is 6. The first-order valence-electron chi connectivity index (χ1n) is 16.1. The van der Waals surface area contributed by atoms with Gasteiger partial charge in [-0.1, -0.05) is 72.6 Å². The molecule has 1 saturated carbocycles. The number of carbonyl (C=O) groups excluding carboxylic acids is 6. The van der Waals surface area contributed by atoms with Crippen LogP contribution >= 0.6 is 0 Å². The average Bonchev–Trinajstić information content (AvgIpc) is 3.64. The molecule has 12 heteroatoms. The molecule has 4 atom stereocenters. The van der Waals surface area contributed by atoms with Gasteiger partial charge in [0, 0.05) is 32.6 Å². The Morgan fingerprint density at radius 3 is 2.27 bits per heavy atom. The maximum absolute atomic E-state index is 14.0. The Morgan fingerprint density at radius 1 is 1.00 bits per heavy atom. The van der Waals surface area contributed by atoms with Crippen molar-refractivity contribution in [2.45, 2.75) is 104 Å². The molecule has 0 spiro atoms. The zero-order chi connectivity index (χ0) is 33.5. The van der Waals surface area contributed by atoms with E-state index >= 15 is 0 Å². The lowest BCUT2D eigenvalue weighted by Gasteiger charge is -2.39. The van der Waals surface area contributed by atoms with Crippen molar-refractivity contribution in [2.24, 2.45) is 16.7 Å². The zero-order valence-corrected chi connectivity index (χ0v) is 27.7. The second-order valence-corrected chi connectivity index (χ2v) is 14.6. The summed E-state index contributed by atoms with van der Waals surface area (Å²) >= 11 is 0. The van der Waals surface area contributed by atoms with Crippen LogP contribution in [-0.4, -0.2) is 95.6 Å². The van der Waals surface area contributed by atoms with Gasteiger partial charge in [-0.05, 0) is 36.0 Å². The van der Waals surface area contributed by atoms with Crippen LogP contribution in [0.2, 0.25) is 0 Å². The van der Waals surface area contributed by atoms with Crippen molar-refractivity contribution in [2.75, 3.05) is 26.2 Å². The number of carbonyl (C=O) groups is 6. The largest absolute Gasteiger partial charge is 0.346 e. The maximum Gasteiger partial charge on any atom is 0.315 e. The fourth-order valence-corrected chi connectivity index (χ4v) is 5.52. The molecule has 2 fully saturated rings. The van der Waals surface area contributed by atoms with Crippen LogP contribution in [0.1, 0.15) is 80.1 Å². The maximum atomic E-state index is 14.0. The summed E-state index contributed by atoms with van der Waals surface area (Å²) in [7, 11) is 0. The molecule has 3 rings (SSSR count). The molecule has 1 saturated heterocycles. The molecule has 0 aromatic heterocycles. The van der Waals surface area contributed by atoms with Crippen molar-refractivity contribution in [1.82, 2.24) is 31.1 Å². The molecule has 12 nitrogen and oxygen atoms in total. The van der Waals surface area contributed by atoms with Crippen LogP contribution in [0.4, 0.5) is 4.79 Å². The first-order chi connectivity index (χ1) is 21.0. The van der Waals surface area contributed by atoms with Gasteiger partial charge in [0.25, 0.3) is 5.91 Å². The van der Waals surface area contributed by atoms with Crippen LogP contribution in [0.3, 0.4) is 0 Å². The SMILES string of the molecule is C=CCNC(=O)C(=O)C(CC1CC1)NC(=O)[C@@H]1C=CCN1C(=O)[C@@H](NC(=O)N[C@H](CN1CCCCC1=O)C(C)(C)C)C(C)(C)C. The highest BCUT2D eigenvalue weighted by molar-refractivity contribution is 6.38. The smallest absolute Gasteiger partial charge is 0.315 e. The predicted octanol–water partition coefficient (Wildman–Crippen LogP) is 2.05. The molecule has 1 unspecified atom stereocenters. The number of nitrogens with one attached hydrogen (secondary N) is 4. The van der Waals surface area contributed by atoms with Crippen molar-refractivity contribution in [3.05, 3.63) is 24.8 Å². The van der Waals surface area contributed by atoms with Crippen molar-refractivity contribution in [3.63, 3.8) is 0 Å². The second kappa shape index (κ2) is 15.1. The molecule has 3 aliphatic rings. The molecule has 2 heterocycles. The quantitative estimate of drug-likeness (QED) is 0.181. The van der Waals surface area contributed by atoms with Gasteiger partial charge in [-0.15, -0.1) is 6.58 Å². The number of Topliss-reactive ketones (excluding diaryl/α,β-unsaturated/α-hetero) is 1. The molecular weight excluding hydrogens is 576 g/mol. The summed E-state index contributed by atoms with van der Waals surface area (Å²) in [5, 5.41) is 11.1. The number of urea groups is 1. The zero-order valence-electron chi connectivity index (χ0n) is 27.7. The van der Waals surface area contributed by atoms with Crippen LogP contribution in [0.5, 0.6) is 0 Å². The normalized spacial score (nSPS) is 20.6.